The van der Waals surface area contributed by atoms with Crippen molar-refractivity contribution in [1.29, 1.82) is 0 Å². The van der Waals surface area contributed by atoms with Gasteiger partial charge in [0.25, 0.3) is 0 Å². The van der Waals surface area contributed by atoms with Crippen LogP contribution in [0.3, 0.4) is 0 Å². The van der Waals surface area contributed by atoms with Crippen LogP contribution in [-0.2, 0) is 0 Å². The maximum atomic E-state index is 13.1. The van der Waals surface area contributed by atoms with E-state index in [2.05, 4.69) is 39.6 Å². The second-order valence-corrected chi connectivity index (χ2v) is 6.13. The van der Waals surface area contributed by atoms with Crippen molar-refractivity contribution in [2.24, 2.45) is 0 Å². The quantitative estimate of drug-likeness (QED) is 0.640. The first-order valence-corrected chi connectivity index (χ1v) is 8.30. The van der Waals surface area contributed by atoms with E-state index in [0.29, 0.717) is 5.95 Å². The van der Waals surface area contributed by atoms with Gasteiger partial charge in [-0.3, -0.25) is 0 Å². The molecule has 0 saturated heterocycles. The van der Waals surface area contributed by atoms with Crippen molar-refractivity contribution in [3.63, 3.8) is 0 Å². The highest BCUT2D eigenvalue weighted by Crippen LogP contribution is 2.23. The third-order valence-electron chi connectivity index (χ3n) is 3.78. The van der Waals surface area contributed by atoms with Crippen molar-refractivity contribution in [2.45, 2.75) is 6.42 Å². The summed E-state index contributed by atoms with van der Waals surface area (Å²) in [6.45, 7) is 1.84. The molecule has 0 fully saturated rings. The number of anilines is 3. The monoisotopic (exact) mass is 339 g/mol. The number of nitrogens with zero attached hydrogens (tertiary/aromatic N) is 3. The van der Waals surface area contributed by atoms with E-state index in [1.54, 1.807) is 12.1 Å². The first-order chi connectivity index (χ1) is 12.1. The Morgan fingerprint density at radius 1 is 1.00 bits per heavy atom. The molecule has 0 radical (unpaired) electrons. The minimum absolute atomic E-state index is 0.270. The molecular formula is C19H22FN5. The van der Waals surface area contributed by atoms with E-state index in [1.165, 1.54) is 12.1 Å². The molecule has 0 atom stereocenters. The highest BCUT2D eigenvalue weighted by atomic mass is 19.1. The van der Waals surface area contributed by atoms with Gasteiger partial charge < -0.3 is 15.5 Å². The summed E-state index contributed by atoms with van der Waals surface area (Å²) in [5.41, 5.74) is 1.60. The van der Waals surface area contributed by atoms with Crippen LogP contribution in [0.1, 0.15) is 6.42 Å². The summed E-state index contributed by atoms with van der Waals surface area (Å²) in [5.74, 6) is 1.02. The van der Waals surface area contributed by atoms with Crippen molar-refractivity contribution < 1.29 is 4.39 Å². The van der Waals surface area contributed by atoms with Gasteiger partial charge in [0.15, 0.2) is 0 Å². The molecule has 6 heteroatoms. The largest absolute Gasteiger partial charge is 0.369 e. The standard InChI is InChI=1S/C19H22FN5/c1-25(2)13-5-12-21-18-16-6-3-4-7-17(16)23-19(24-18)22-15-10-8-14(20)9-11-15/h3-4,6-11H,5,12-13H2,1-2H3,(H2,21,22,23,24). The molecule has 0 bridgehead atoms. The van der Waals surface area contributed by atoms with Gasteiger partial charge in [-0.15, -0.1) is 0 Å². The highest BCUT2D eigenvalue weighted by Gasteiger charge is 2.07. The Hall–Kier alpha value is -2.73. The summed E-state index contributed by atoms with van der Waals surface area (Å²) in [7, 11) is 4.12. The average Bonchev–Trinajstić information content (AvgIpc) is 2.60. The minimum Gasteiger partial charge on any atom is -0.369 e. The highest BCUT2D eigenvalue weighted by molar-refractivity contribution is 5.90. The second kappa shape index (κ2) is 7.90. The summed E-state index contributed by atoms with van der Waals surface area (Å²) in [6, 6.07) is 14.0. The molecular weight excluding hydrogens is 317 g/mol. The van der Waals surface area contributed by atoms with Gasteiger partial charge in [-0.2, -0.15) is 4.98 Å². The minimum atomic E-state index is -0.270. The zero-order chi connectivity index (χ0) is 17.6. The molecule has 3 rings (SSSR count). The Kier molecular flexibility index (Phi) is 5.40. The van der Waals surface area contributed by atoms with Gasteiger partial charge in [-0.1, -0.05) is 12.1 Å². The van der Waals surface area contributed by atoms with Gasteiger partial charge in [-0.05, 0) is 63.5 Å². The molecule has 3 aromatic rings. The molecule has 0 aliphatic carbocycles. The van der Waals surface area contributed by atoms with Crippen LogP contribution in [0.4, 0.5) is 21.8 Å². The molecule has 0 amide bonds. The van der Waals surface area contributed by atoms with Crippen LogP contribution in [-0.4, -0.2) is 42.1 Å². The second-order valence-electron chi connectivity index (χ2n) is 6.13. The van der Waals surface area contributed by atoms with E-state index in [-0.39, 0.29) is 5.82 Å². The zero-order valence-electron chi connectivity index (χ0n) is 14.5. The lowest BCUT2D eigenvalue weighted by molar-refractivity contribution is 0.405. The molecule has 0 saturated carbocycles. The fourth-order valence-corrected chi connectivity index (χ4v) is 2.53. The molecule has 0 aliphatic rings. The molecule has 5 nitrogen and oxygen atoms in total. The Morgan fingerprint density at radius 2 is 1.76 bits per heavy atom. The Bertz CT molecular complexity index is 833. The molecule has 2 N–H and O–H groups in total. The van der Waals surface area contributed by atoms with Crippen molar-refractivity contribution in [3.05, 3.63) is 54.3 Å². The Balaban J connectivity index is 1.82. The molecule has 1 heterocycles. The number of halogens is 1. The fraction of sp³-hybridized carbons (Fsp3) is 0.263. The van der Waals surface area contributed by atoms with Gasteiger partial charge in [0.2, 0.25) is 5.95 Å². The number of hydrogen-bond acceptors (Lipinski definition) is 5. The predicted molar refractivity (Wildman–Crippen MR) is 101 cm³/mol. The summed E-state index contributed by atoms with van der Waals surface area (Å²) in [6.07, 6.45) is 1.02. The summed E-state index contributed by atoms with van der Waals surface area (Å²) < 4.78 is 13.1. The molecule has 25 heavy (non-hydrogen) atoms. The van der Waals surface area contributed by atoms with Crippen LogP contribution in [0.2, 0.25) is 0 Å². The average molecular weight is 339 g/mol. The molecule has 0 unspecified atom stereocenters. The maximum absolute atomic E-state index is 13.1. The van der Waals surface area contributed by atoms with Gasteiger partial charge >= 0.3 is 0 Å². The van der Waals surface area contributed by atoms with Crippen LogP contribution in [0.15, 0.2) is 48.5 Å². The molecule has 1 aromatic heterocycles. The Labute approximate surface area is 146 Å². The smallest absolute Gasteiger partial charge is 0.229 e. The van der Waals surface area contributed by atoms with E-state index in [0.717, 1.165) is 41.9 Å². The lowest BCUT2D eigenvalue weighted by atomic mass is 10.2. The van der Waals surface area contributed by atoms with E-state index < -0.39 is 0 Å². The van der Waals surface area contributed by atoms with Crippen LogP contribution >= 0.6 is 0 Å². The topological polar surface area (TPSA) is 53.1 Å². The van der Waals surface area contributed by atoms with E-state index in [4.69, 9.17) is 0 Å². The molecule has 0 spiro atoms. The maximum Gasteiger partial charge on any atom is 0.229 e. The number of rotatable bonds is 7. The van der Waals surface area contributed by atoms with Crippen molar-refractivity contribution in [1.82, 2.24) is 14.9 Å². The fourth-order valence-electron chi connectivity index (χ4n) is 2.53. The van der Waals surface area contributed by atoms with Gasteiger partial charge in [-0.25, -0.2) is 9.37 Å². The first kappa shape index (κ1) is 17.1. The van der Waals surface area contributed by atoms with E-state index in [1.807, 2.05) is 24.3 Å². The third kappa shape index (κ3) is 4.64. The number of hydrogen-bond donors (Lipinski definition) is 2. The van der Waals surface area contributed by atoms with Crippen molar-refractivity contribution >= 4 is 28.4 Å². The summed E-state index contributed by atoms with van der Waals surface area (Å²) in [4.78, 5) is 11.3. The number of fused-ring (bicyclic) bond motifs is 1. The number of benzene rings is 2. The SMILES string of the molecule is CN(C)CCCNc1nc(Nc2ccc(F)cc2)nc2ccccc12. The summed E-state index contributed by atoms with van der Waals surface area (Å²) in [5, 5.41) is 7.52. The first-order valence-electron chi connectivity index (χ1n) is 8.30. The van der Waals surface area contributed by atoms with Crippen molar-refractivity contribution in [2.75, 3.05) is 37.8 Å². The number of aromatic nitrogens is 2. The zero-order valence-corrected chi connectivity index (χ0v) is 14.5. The van der Waals surface area contributed by atoms with Gasteiger partial charge in [0.05, 0.1) is 5.52 Å². The predicted octanol–water partition coefficient (Wildman–Crippen LogP) is 3.88. The van der Waals surface area contributed by atoms with Crippen LogP contribution in [0.5, 0.6) is 0 Å². The lowest BCUT2D eigenvalue weighted by Gasteiger charge is -2.13. The van der Waals surface area contributed by atoms with Gasteiger partial charge in [0, 0.05) is 17.6 Å². The van der Waals surface area contributed by atoms with Crippen molar-refractivity contribution in [3.8, 4) is 0 Å². The molecule has 2 aromatic carbocycles. The molecule has 130 valence electrons. The molecule has 0 aliphatic heterocycles. The van der Waals surface area contributed by atoms with E-state index in [9.17, 15) is 4.39 Å². The van der Waals surface area contributed by atoms with Crippen LogP contribution in [0.25, 0.3) is 10.9 Å². The third-order valence-corrected chi connectivity index (χ3v) is 3.78. The van der Waals surface area contributed by atoms with Gasteiger partial charge in [0.1, 0.15) is 11.6 Å². The Morgan fingerprint density at radius 3 is 2.52 bits per heavy atom. The summed E-state index contributed by atoms with van der Waals surface area (Å²) >= 11 is 0. The van der Waals surface area contributed by atoms with E-state index >= 15 is 0 Å². The van der Waals surface area contributed by atoms with Crippen LogP contribution < -0.4 is 10.6 Å². The number of para-hydroxylation sites is 1. The van der Waals surface area contributed by atoms with Crippen LogP contribution in [0, 0.1) is 5.82 Å². The lowest BCUT2D eigenvalue weighted by Crippen LogP contribution is -2.17. The number of nitrogens with one attached hydrogen (secondary N) is 2. The normalized spacial score (nSPS) is 11.0.